The average Bonchev–Trinajstić information content (AvgIpc) is 3.11. The number of methoxy groups -OCH3 is 1. The molecule has 1 heterocycles. The number of carbonyl (C=O) groups excluding carboxylic acids is 1. The van der Waals surface area contributed by atoms with E-state index in [2.05, 4.69) is 9.88 Å². The third kappa shape index (κ3) is 5.32. The van der Waals surface area contributed by atoms with Crippen LogP contribution in [0.15, 0.2) is 54.6 Å². The fraction of sp³-hybridized carbons (Fsp3) is 0.238. The topological polar surface area (TPSA) is 45.7 Å². The van der Waals surface area contributed by atoms with E-state index in [1.165, 1.54) is 11.3 Å². The second kappa shape index (κ2) is 10.2. The zero-order valence-corrected chi connectivity index (χ0v) is 17.8. The summed E-state index contributed by atoms with van der Waals surface area (Å²) in [7, 11) is 5.61. The predicted octanol–water partition coefficient (Wildman–Crippen LogP) is 4.33. The summed E-state index contributed by atoms with van der Waals surface area (Å²) in [6, 6.07) is 15.6. The number of hydrogen-bond donors (Lipinski definition) is 0. The van der Waals surface area contributed by atoms with Crippen molar-refractivity contribution in [1.29, 1.82) is 0 Å². The Labute approximate surface area is 175 Å². The Kier molecular flexibility index (Phi) is 7.99. The number of ether oxygens (including phenoxy) is 1. The number of carbonyl (C=O) groups is 1. The quantitative estimate of drug-likeness (QED) is 0.536. The molecule has 3 rings (SSSR count). The summed E-state index contributed by atoms with van der Waals surface area (Å²) >= 11 is 1.50. The van der Waals surface area contributed by atoms with Gasteiger partial charge in [0.15, 0.2) is 5.13 Å². The Balaban J connectivity index is 0.00000280. The van der Waals surface area contributed by atoms with Crippen molar-refractivity contribution in [2.75, 3.05) is 39.2 Å². The molecule has 0 atom stereocenters. The number of likely N-dealkylation sites (N-methyl/N-ethyl adjacent to an activating group) is 1. The summed E-state index contributed by atoms with van der Waals surface area (Å²) in [5.74, 6) is 0.633. The Morgan fingerprint density at radius 3 is 2.54 bits per heavy atom. The summed E-state index contributed by atoms with van der Waals surface area (Å²) in [4.78, 5) is 21.4. The zero-order valence-electron chi connectivity index (χ0n) is 16.2. The summed E-state index contributed by atoms with van der Waals surface area (Å²) in [6.07, 6.45) is 3.44. The highest BCUT2D eigenvalue weighted by Gasteiger charge is 2.19. The molecule has 0 saturated heterocycles. The fourth-order valence-corrected chi connectivity index (χ4v) is 3.63. The largest absolute Gasteiger partial charge is 0.494 e. The third-order valence-corrected chi connectivity index (χ3v) is 5.12. The smallest absolute Gasteiger partial charge is 0.252 e. The molecular formula is C21H24ClN3O2S. The van der Waals surface area contributed by atoms with E-state index in [0.29, 0.717) is 11.7 Å². The maximum atomic E-state index is 12.9. The molecule has 0 saturated carbocycles. The van der Waals surface area contributed by atoms with Crippen LogP contribution in [0.5, 0.6) is 5.75 Å². The molecule has 0 bridgehead atoms. The summed E-state index contributed by atoms with van der Waals surface area (Å²) in [5, 5.41) is 0.680. The summed E-state index contributed by atoms with van der Waals surface area (Å²) < 4.78 is 6.40. The standard InChI is InChI=1S/C21H23N3O2S.ClH/c1-23(2)14-15-24(19(25)13-12-16-8-5-4-6-9-16)21-22-20-17(26-3)10-7-11-18(20)27-21;/h4-13H,14-15H2,1-3H3;1H. The highest BCUT2D eigenvalue weighted by atomic mass is 35.5. The van der Waals surface area contributed by atoms with Gasteiger partial charge >= 0.3 is 0 Å². The predicted molar refractivity (Wildman–Crippen MR) is 120 cm³/mol. The van der Waals surface area contributed by atoms with Crippen LogP contribution in [0.4, 0.5) is 5.13 Å². The Morgan fingerprint density at radius 1 is 1.11 bits per heavy atom. The number of fused-ring (bicyclic) bond motifs is 1. The van der Waals surface area contributed by atoms with E-state index in [9.17, 15) is 4.79 Å². The van der Waals surface area contributed by atoms with Crippen molar-refractivity contribution in [3.8, 4) is 5.75 Å². The lowest BCUT2D eigenvalue weighted by Crippen LogP contribution is -2.35. The number of para-hydroxylation sites is 1. The number of hydrogen-bond acceptors (Lipinski definition) is 5. The van der Waals surface area contributed by atoms with Gasteiger partial charge in [0.1, 0.15) is 11.3 Å². The van der Waals surface area contributed by atoms with Crippen molar-refractivity contribution in [1.82, 2.24) is 9.88 Å². The van der Waals surface area contributed by atoms with Crippen LogP contribution < -0.4 is 9.64 Å². The van der Waals surface area contributed by atoms with Crippen molar-refractivity contribution in [3.63, 3.8) is 0 Å². The van der Waals surface area contributed by atoms with Gasteiger partial charge < -0.3 is 9.64 Å². The normalized spacial score (nSPS) is 11.0. The van der Waals surface area contributed by atoms with Gasteiger partial charge in [-0.2, -0.15) is 0 Å². The van der Waals surface area contributed by atoms with Gasteiger partial charge in [-0.1, -0.05) is 47.7 Å². The molecule has 0 aliphatic carbocycles. The fourth-order valence-electron chi connectivity index (χ4n) is 2.61. The molecule has 3 aromatic rings. The van der Waals surface area contributed by atoms with E-state index in [4.69, 9.17) is 4.74 Å². The SMILES string of the molecule is COc1cccc2sc(N(CCN(C)C)C(=O)C=Cc3ccccc3)nc12.Cl. The van der Waals surface area contributed by atoms with Crippen LogP contribution in [0.1, 0.15) is 5.56 Å². The summed E-state index contributed by atoms with van der Waals surface area (Å²) in [5.41, 5.74) is 1.78. The van der Waals surface area contributed by atoms with Gasteiger partial charge in [-0.25, -0.2) is 4.98 Å². The third-order valence-electron chi connectivity index (χ3n) is 4.08. The van der Waals surface area contributed by atoms with Crippen molar-refractivity contribution in [2.45, 2.75) is 0 Å². The van der Waals surface area contributed by atoms with Crippen LogP contribution >= 0.6 is 23.7 Å². The molecule has 28 heavy (non-hydrogen) atoms. The molecule has 1 amide bonds. The van der Waals surface area contributed by atoms with Gasteiger partial charge in [0.05, 0.1) is 11.8 Å². The maximum Gasteiger partial charge on any atom is 0.252 e. The highest BCUT2D eigenvalue weighted by Crippen LogP contribution is 2.34. The molecule has 0 unspecified atom stereocenters. The Bertz CT molecular complexity index is 941. The second-order valence-electron chi connectivity index (χ2n) is 6.34. The van der Waals surface area contributed by atoms with Crippen molar-refractivity contribution in [2.24, 2.45) is 0 Å². The Hall–Kier alpha value is -2.41. The first-order valence-corrected chi connectivity index (χ1v) is 9.53. The van der Waals surface area contributed by atoms with E-state index >= 15 is 0 Å². The molecule has 0 spiro atoms. The number of aromatic nitrogens is 1. The highest BCUT2D eigenvalue weighted by molar-refractivity contribution is 7.22. The lowest BCUT2D eigenvalue weighted by atomic mass is 10.2. The number of amides is 1. The molecule has 0 N–H and O–H groups in total. The molecule has 1 aromatic heterocycles. The van der Waals surface area contributed by atoms with E-state index in [1.807, 2.05) is 68.7 Å². The number of halogens is 1. The van der Waals surface area contributed by atoms with Gasteiger partial charge in [-0.3, -0.25) is 9.69 Å². The van der Waals surface area contributed by atoms with Crippen molar-refractivity contribution >= 4 is 51.1 Å². The molecule has 0 radical (unpaired) electrons. The van der Waals surface area contributed by atoms with Crippen LogP contribution in [0.3, 0.4) is 0 Å². The first-order chi connectivity index (χ1) is 13.1. The van der Waals surface area contributed by atoms with E-state index in [0.717, 1.165) is 28.1 Å². The van der Waals surface area contributed by atoms with Crippen LogP contribution in [-0.4, -0.2) is 50.1 Å². The Morgan fingerprint density at radius 2 is 1.86 bits per heavy atom. The van der Waals surface area contributed by atoms with E-state index in [-0.39, 0.29) is 18.3 Å². The van der Waals surface area contributed by atoms with Crippen LogP contribution in [-0.2, 0) is 4.79 Å². The molecule has 5 nitrogen and oxygen atoms in total. The van der Waals surface area contributed by atoms with Gasteiger partial charge in [0.2, 0.25) is 0 Å². The number of thiazole rings is 1. The van der Waals surface area contributed by atoms with E-state index < -0.39 is 0 Å². The molecule has 0 fully saturated rings. The van der Waals surface area contributed by atoms with Crippen molar-refractivity contribution < 1.29 is 9.53 Å². The lowest BCUT2D eigenvalue weighted by molar-refractivity contribution is -0.114. The number of nitrogens with zero attached hydrogens (tertiary/aromatic N) is 3. The molecule has 148 valence electrons. The van der Waals surface area contributed by atoms with E-state index in [1.54, 1.807) is 18.1 Å². The molecular weight excluding hydrogens is 394 g/mol. The van der Waals surface area contributed by atoms with Gasteiger partial charge in [-0.15, -0.1) is 12.4 Å². The molecule has 7 heteroatoms. The minimum Gasteiger partial charge on any atom is -0.494 e. The second-order valence-corrected chi connectivity index (χ2v) is 7.35. The van der Waals surface area contributed by atoms with Gasteiger partial charge in [-0.05, 0) is 37.9 Å². The van der Waals surface area contributed by atoms with Crippen molar-refractivity contribution in [3.05, 3.63) is 60.2 Å². The van der Waals surface area contributed by atoms with Crippen LogP contribution in [0, 0.1) is 0 Å². The number of anilines is 1. The van der Waals surface area contributed by atoms with Crippen LogP contribution in [0.25, 0.3) is 16.3 Å². The monoisotopic (exact) mass is 417 g/mol. The first-order valence-electron chi connectivity index (χ1n) is 8.71. The minimum atomic E-state index is -0.0845. The maximum absolute atomic E-state index is 12.9. The number of benzene rings is 2. The van der Waals surface area contributed by atoms with Crippen LogP contribution in [0.2, 0.25) is 0 Å². The lowest BCUT2D eigenvalue weighted by Gasteiger charge is -2.20. The number of rotatable bonds is 7. The zero-order chi connectivity index (χ0) is 19.2. The first kappa shape index (κ1) is 21.9. The van der Waals surface area contributed by atoms with Gasteiger partial charge in [0.25, 0.3) is 5.91 Å². The molecule has 0 aliphatic heterocycles. The molecule has 0 aliphatic rings. The minimum absolute atomic E-state index is 0. The summed E-state index contributed by atoms with van der Waals surface area (Å²) in [6.45, 7) is 1.31. The van der Waals surface area contributed by atoms with Gasteiger partial charge in [0, 0.05) is 19.2 Å². The molecule has 2 aromatic carbocycles. The average molecular weight is 418 g/mol.